The number of hydrogen-bond acceptors (Lipinski definition) is 6. The third kappa shape index (κ3) is 4.70. The number of phosphoric acid groups is 1. The van der Waals surface area contributed by atoms with Gasteiger partial charge >= 0.3 is 13.8 Å². The molecular formula is C15H24N3O5P. The van der Waals surface area contributed by atoms with Crippen LogP contribution in [-0.4, -0.2) is 55.6 Å². The van der Waals surface area contributed by atoms with Crippen LogP contribution in [0.5, 0.6) is 0 Å². The van der Waals surface area contributed by atoms with Crippen LogP contribution in [0.1, 0.15) is 6.42 Å². The van der Waals surface area contributed by atoms with Crippen LogP contribution in [-0.2, 0) is 13.9 Å². The minimum atomic E-state index is -5.10. The molecule has 9 heteroatoms. The molecule has 3 atom stereocenters. The lowest BCUT2D eigenvalue weighted by atomic mass is 9.96. The van der Waals surface area contributed by atoms with Crippen molar-refractivity contribution in [1.82, 2.24) is 0 Å². The first-order valence-electron chi connectivity index (χ1n) is 7.66. The van der Waals surface area contributed by atoms with Crippen molar-refractivity contribution in [3.8, 4) is 0 Å². The molecule has 1 fully saturated rings. The fourth-order valence-electron chi connectivity index (χ4n) is 3.27. The molecule has 24 heavy (non-hydrogen) atoms. The Balaban J connectivity index is 2.16. The van der Waals surface area contributed by atoms with Crippen molar-refractivity contribution in [2.75, 3.05) is 44.9 Å². The monoisotopic (exact) mass is 357 g/mol. The lowest BCUT2D eigenvalue weighted by Gasteiger charge is -2.36. The van der Waals surface area contributed by atoms with Crippen molar-refractivity contribution < 1.29 is 28.2 Å². The first-order chi connectivity index (χ1) is 11.0. The molecule has 1 heterocycles. The summed E-state index contributed by atoms with van der Waals surface area (Å²) in [6, 6.07) is 6.76. The van der Waals surface area contributed by atoms with Gasteiger partial charge in [0.15, 0.2) is 6.04 Å². The van der Waals surface area contributed by atoms with Crippen LogP contribution in [0.3, 0.4) is 0 Å². The van der Waals surface area contributed by atoms with E-state index in [1.54, 1.807) is 21.1 Å². The highest BCUT2D eigenvalue weighted by Crippen LogP contribution is 2.35. The molecule has 0 spiro atoms. The van der Waals surface area contributed by atoms with Crippen LogP contribution in [0.2, 0.25) is 0 Å². The van der Waals surface area contributed by atoms with Crippen LogP contribution in [0.15, 0.2) is 24.3 Å². The summed E-state index contributed by atoms with van der Waals surface area (Å²) >= 11 is 0. The molecular weight excluding hydrogens is 333 g/mol. The number of carbonyl (C=O) groups is 1. The van der Waals surface area contributed by atoms with E-state index in [9.17, 15) is 14.3 Å². The maximum Gasteiger partial charge on any atom is 0.371 e. The van der Waals surface area contributed by atoms with Gasteiger partial charge in [-0.25, -0.2) is 4.79 Å². The molecule has 1 aromatic rings. The summed E-state index contributed by atoms with van der Waals surface area (Å²) in [5, 5.41) is 0. The van der Waals surface area contributed by atoms with E-state index >= 15 is 0 Å². The molecule has 134 valence electrons. The smallest absolute Gasteiger partial charge is 0.371 e. The van der Waals surface area contributed by atoms with Crippen molar-refractivity contribution in [1.29, 1.82) is 0 Å². The number of quaternary nitrogens is 1. The van der Waals surface area contributed by atoms with Gasteiger partial charge in [0.25, 0.3) is 0 Å². The van der Waals surface area contributed by atoms with Crippen molar-refractivity contribution in [2.45, 2.75) is 12.5 Å². The number of nitrogens with zero attached hydrogens (tertiary/aromatic N) is 2. The third-order valence-corrected chi connectivity index (χ3v) is 4.62. The highest BCUT2D eigenvalue weighted by atomic mass is 31.2. The molecule has 3 unspecified atom stereocenters. The van der Waals surface area contributed by atoms with Gasteiger partial charge in [0.2, 0.25) is 0 Å². The van der Waals surface area contributed by atoms with Crippen molar-refractivity contribution in [3.63, 3.8) is 0 Å². The second kappa shape index (κ2) is 6.72. The fourth-order valence-corrected chi connectivity index (χ4v) is 3.61. The Morgan fingerprint density at radius 3 is 2.50 bits per heavy atom. The number of hydrogen-bond donors (Lipinski definition) is 2. The summed E-state index contributed by atoms with van der Waals surface area (Å²) in [7, 11) is 0.288. The van der Waals surface area contributed by atoms with Gasteiger partial charge in [-0.1, -0.05) is 0 Å². The van der Waals surface area contributed by atoms with Crippen LogP contribution < -0.4 is 15.5 Å². The van der Waals surface area contributed by atoms with Gasteiger partial charge in [-0.3, -0.25) is 4.57 Å². The number of phosphoric ester groups is 1. The molecule has 3 N–H and O–H groups in total. The zero-order valence-electron chi connectivity index (χ0n) is 14.1. The Hall–Kier alpha value is -1.60. The molecule has 0 radical (unpaired) electrons. The molecule has 0 bridgehead atoms. The van der Waals surface area contributed by atoms with Gasteiger partial charge in [0, 0.05) is 30.4 Å². The molecule has 8 nitrogen and oxygen atoms in total. The van der Waals surface area contributed by atoms with Gasteiger partial charge < -0.3 is 29.4 Å². The largest absolute Gasteiger partial charge is 0.746 e. The van der Waals surface area contributed by atoms with Gasteiger partial charge in [0.1, 0.15) is 0 Å². The molecule has 1 aromatic carbocycles. The first kappa shape index (κ1) is 18.7. The predicted octanol–water partition coefficient (Wildman–Crippen LogP) is 0.174. The summed E-state index contributed by atoms with van der Waals surface area (Å²) in [5.74, 6) is -1.02. The topological polar surface area (TPSA) is 116 Å². The molecule has 0 saturated carbocycles. The lowest BCUT2D eigenvalue weighted by molar-refractivity contribution is -0.890. The molecule has 1 aliphatic rings. The van der Waals surface area contributed by atoms with Crippen molar-refractivity contribution in [3.05, 3.63) is 24.3 Å². The number of anilines is 2. The van der Waals surface area contributed by atoms with E-state index in [-0.39, 0.29) is 10.4 Å². The van der Waals surface area contributed by atoms with E-state index in [0.717, 1.165) is 12.2 Å². The van der Waals surface area contributed by atoms with E-state index in [2.05, 4.69) is 9.42 Å². The van der Waals surface area contributed by atoms with Crippen LogP contribution in [0, 0.1) is 5.92 Å². The van der Waals surface area contributed by atoms with Crippen molar-refractivity contribution in [2.24, 2.45) is 5.92 Å². The number of rotatable bonds is 5. The molecule has 1 aliphatic heterocycles. The maximum atomic E-state index is 12.3. The van der Waals surface area contributed by atoms with Gasteiger partial charge in [0.05, 0.1) is 21.1 Å². The van der Waals surface area contributed by atoms with Crippen LogP contribution in [0.4, 0.5) is 11.4 Å². The Kier molecular flexibility index (Phi) is 5.25. The minimum absolute atomic E-state index is 0.0957. The average molecular weight is 357 g/mol. The second-order valence-electron chi connectivity index (χ2n) is 7.03. The van der Waals surface area contributed by atoms with Gasteiger partial charge in [-0.2, -0.15) is 0 Å². The van der Waals surface area contributed by atoms with E-state index in [1.807, 2.05) is 24.3 Å². The molecule has 2 rings (SSSR count). The number of nitrogens with two attached hydrogens (primary N) is 1. The fraction of sp³-hybridized carbons (Fsp3) is 0.533. The summed E-state index contributed by atoms with van der Waals surface area (Å²) in [6.07, 6.45) is 0.717. The van der Waals surface area contributed by atoms with E-state index in [1.165, 1.54) is 0 Å². The number of nitrogen functional groups attached to an aromatic ring is 1. The highest BCUT2D eigenvalue weighted by molar-refractivity contribution is 7.45. The summed E-state index contributed by atoms with van der Waals surface area (Å²) in [5.41, 5.74) is 7.37. The molecule has 0 aromatic heterocycles. The number of carbonyl (C=O) groups excluding carboxylic acids is 1. The third-order valence-electron chi connectivity index (χ3n) is 4.21. The van der Waals surface area contributed by atoms with E-state index < -0.39 is 19.8 Å². The van der Waals surface area contributed by atoms with Crippen LogP contribution >= 0.6 is 7.82 Å². The van der Waals surface area contributed by atoms with Gasteiger partial charge in [-0.05, 0) is 30.7 Å². The normalized spacial score (nSPS) is 22.0. The lowest BCUT2D eigenvalue weighted by Crippen LogP contribution is -2.55. The Bertz CT molecular complexity index is 638. The quantitative estimate of drug-likeness (QED) is 0.438. The average Bonchev–Trinajstić information content (AvgIpc) is 2.84. The summed E-state index contributed by atoms with van der Waals surface area (Å²) < 4.78 is 15.4. The SMILES string of the molecule is C[N+](C)(C)C(C(=O)OP(=O)([O-])O)C1CCN(c2ccc(N)cc2)C1. The maximum absolute atomic E-state index is 12.3. The molecule has 1 saturated heterocycles. The van der Waals surface area contributed by atoms with E-state index in [4.69, 9.17) is 10.6 Å². The van der Waals surface area contributed by atoms with Crippen LogP contribution in [0.25, 0.3) is 0 Å². The number of benzene rings is 1. The summed E-state index contributed by atoms with van der Waals surface area (Å²) in [4.78, 5) is 34.1. The van der Waals surface area contributed by atoms with E-state index in [0.29, 0.717) is 18.7 Å². The number of likely N-dealkylation sites (N-methyl/N-ethyl adjacent to an activating group) is 1. The molecule has 0 aliphatic carbocycles. The van der Waals surface area contributed by atoms with Crippen molar-refractivity contribution >= 4 is 25.2 Å². The Labute approximate surface area is 141 Å². The first-order valence-corrected chi connectivity index (χ1v) is 9.16. The molecule has 0 amide bonds. The Morgan fingerprint density at radius 1 is 1.42 bits per heavy atom. The zero-order chi connectivity index (χ0) is 18.1. The zero-order valence-corrected chi connectivity index (χ0v) is 15.0. The van der Waals surface area contributed by atoms with Gasteiger partial charge in [-0.15, -0.1) is 0 Å². The Morgan fingerprint density at radius 2 is 2.00 bits per heavy atom. The minimum Gasteiger partial charge on any atom is -0.746 e. The standard InChI is InChI=1S/C15H24N3O5P/c1-18(2,3)14(15(19)23-24(20,21)22)11-8-9-17(10-11)13-6-4-12(16)5-7-13/h4-7,11,14H,8-10,16H2,1-3H3,(H-,20,21,22). The predicted molar refractivity (Wildman–Crippen MR) is 88.9 cm³/mol. The second-order valence-corrected chi connectivity index (χ2v) is 8.15. The highest BCUT2D eigenvalue weighted by Gasteiger charge is 2.44. The summed E-state index contributed by atoms with van der Waals surface area (Å²) in [6.45, 7) is 1.33.